The summed E-state index contributed by atoms with van der Waals surface area (Å²) in [7, 11) is -3.12. The molecule has 1 heterocycles. The van der Waals surface area contributed by atoms with Gasteiger partial charge in [-0.1, -0.05) is 0 Å². The zero-order chi connectivity index (χ0) is 13.1. The fraction of sp³-hybridized carbons (Fsp3) is 0.778. The Bertz CT molecular complexity index is 406. The summed E-state index contributed by atoms with van der Waals surface area (Å²) in [6, 6.07) is -1.31. The molecule has 98 valence electrons. The van der Waals surface area contributed by atoms with Gasteiger partial charge < -0.3 is 15.3 Å². The Labute approximate surface area is 99.7 Å². The van der Waals surface area contributed by atoms with Gasteiger partial charge in [0.15, 0.2) is 0 Å². The predicted octanol–water partition coefficient (Wildman–Crippen LogP) is -0.710. The number of urea groups is 1. The number of sulfone groups is 1. The Morgan fingerprint density at radius 3 is 2.65 bits per heavy atom. The molecular weight excluding hydrogens is 248 g/mol. The van der Waals surface area contributed by atoms with Crippen LogP contribution in [-0.4, -0.2) is 61.6 Å². The standard InChI is InChI=1S/C9H16N2O5S/c1-17(15,16)6-4-10-9(14)11-5-2-3-7(11)8(12)13/h7H,2-6H2,1H3,(H,10,14)(H,12,13)/t7-/m1/s1. The molecule has 0 bridgehead atoms. The Balaban J connectivity index is 2.45. The SMILES string of the molecule is CS(=O)(=O)CCNC(=O)N1CCC[C@@H]1C(=O)O. The molecule has 0 unspecified atom stereocenters. The highest BCUT2D eigenvalue weighted by atomic mass is 32.2. The van der Waals surface area contributed by atoms with Gasteiger partial charge in [-0.05, 0) is 12.8 Å². The Hall–Kier alpha value is -1.31. The number of carboxylic acids is 1. The molecule has 0 radical (unpaired) electrons. The highest BCUT2D eigenvalue weighted by molar-refractivity contribution is 7.90. The molecule has 0 aromatic heterocycles. The molecule has 1 aliphatic heterocycles. The molecule has 7 nitrogen and oxygen atoms in total. The molecule has 17 heavy (non-hydrogen) atoms. The molecule has 1 saturated heterocycles. The van der Waals surface area contributed by atoms with Crippen LogP contribution in [-0.2, 0) is 14.6 Å². The van der Waals surface area contributed by atoms with E-state index in [-0.39, 0.29) is 12.3 Å². The second-order valence-electron chi connectivity index (χ2n) is 4.05. The van der Waals surface area contributed by atoms with Crippen molar-refractivity contribution in [1.29, 1.82) is 0 Å². The number of amides is 2. The Kier molecular flexibility index (Phi) is 4.33. The summed E-state index contributed by atoms with van der Waals surface area (Å²) >= 11 is 0. The van der Waals surface area contributed by atoms with Crippen LogP contribution in [0.3, 0.4) is 0 Å². The van der Waals surface area contributed by atoms with E-state index in [0.29, 0.717) is 19.4 Å². The summed E-state index contributed by atoms with van der Waals surface area (Å²) in [4.78, 5) is 23.7. The van der Waals surface area contributed by atoms with Crippen molar-refractivity contribution >= 4 is 21.8 Å². The molecule has 8 heteroatoms. The van der Waals surface area contributed by atoms with E-state index in [1.54, 1.807) is 0 Å². The first-order chi connectivity index (χ1) is 7.81. The van der Waals surface area contributed by atoms with Gasteiger partial charge in [0.05, 0.1) is 5.75 Å². The van der Waals surface area contributed by atoms with Gasteiger partial charge in [0.25, 0.3) is 0 Å². The van der Waals surface area contributed by atoms with Crippen LogP contribution in [0, 0.1) is 0 Å². The maximum absolute atomic E-state index is 11.6. The van der Waals surface area contributed by atoms with E-state index in [4.69, 9.17) is 5.11 Å². The fourth-order valence-corrected chi connectivity index (χ4v) is 2.18. The molecule has 1 aliphatic rings. The molecule has 0 aliphatic carbocycles. The van der Waals surface area contributed by atoms with E-state index in [1.807, 2.05) is 0 Å². The summed E-state index contributed by atoms with van der Waals surface area (Å²) in [5, 5.41) is 11.3. The third-order valence-electron chi connectivity index (χ3n) is 2.55. The number of carbonyl (C=O) groups is 2. The van der Waals surface area contributed by atoms with Crippen LogP contribution in [0.5, 0.6) is 0 Å². The number of rotatable bonds is 4. The number of carboxylic acid groups (broad SMARTS) is 1. The van der Waals surface area contributed by atoms with E-state index < -0.39 is 27.9 Å². The first-order valence-corrected chi connectivity index (χ1v) is 7.32. The third-order valence-corrected chi connectivity index (χ3v) is 3.49. The lowest BCUT2D eigenvalue weighted by Crippen LogP contribution is -2.46. The number of nitrogens with one attached hydrogen (secondary N) is 1. The van der Waals surface area contributed by atoms with Gasteiger partial charge in [0, 0.05) is 19.3 Å². The molecule has 0 aromatic carbocycles. The monoisotopic (exact) mass is 264 g/mol. The topological polar surface area (TPSA) is 104 Å². The zero-order valence-corrected chi connectivity index (χ0v) is 10.4. The van der Waals surface area contributed by atoms with E-state index in [0.717, 1.165) is 6.26 Å². The second kappa shape index (κ2) is 5.35. The van der Waals surface area contributed by atoms with Crippen LogP contribution in [0.4, 0.5) is 4.79 Å². The maximum Gasteiger partial charge on any atom is 0.326 e. The number of hydrogen-bond acceptors (Lipinski definition) is 4. The van der Waals surface area contributed by atoms with Crippen LogP contribution in [0.25, 0.3) is 0 Å². The predicted molar refractivity (Wildman–Crippen MR) is 60.5 cm³/mol. The average Bonchev–Trinajstić information content (AvgIpc) is 2.63. The summed E-state index contributed by atoms with van der Waals surface area (Å²) < 4.78 is 21.7. The molecular formula is C9H16N2O5S. The summed E-state index contributed by atoms with van der Waals surface area (Å²) in [6.45, 7) is 0.391. The van der Waals surface area contributed by atoms with Crippen LogP contribution in [0.1, 0.15) is 12.8 Å². The molecule has 1 atom stereocenters. The average molecular weight is 264 g/mol. The van der Waals surface area contributed by atoms with Gasteiger partial charge >= 0.3 is 12.0 Å². The van der Waals surface area contributed by atoms with E-state index in [2.05, 4.69) is 5.32 Å². The van der Waals surface area contributed by atoms with Crippen molar-refractivity contribution in [1.82, 2.24) is 10.2 Å². The second-order valence-corrected chi connectivity index (χ2v) is 6.31. The van der Waals surface area contributed by atoms with Crippen molar-refractivity contribution in [3.05, 3.63) is 0 Å². The van der Waals surface area contributed by atoms with Gasteiger partial charge in [-0.3, -0.25) is 0 Å². The third kappa shape index (κ3) is 4.22. The fourth-order valence-electron chi connectivity index (χ4n) is 1.71. The van der Waals surface area contributed by atoms with E-state index >= 15 is 0 Å². The lowest BCUT2D eigenvalue weighted by Gasteiger charge is -2.21. The Morgan fingerprint density at radius 2 is 2.12 bits per heavy atom. The van der Waals surface area contributed by atoms with Gasteiger partial charge in [0.2, 0.25) is 0 Å². The van der Waals surface area contributed by atoms with Crippen LogP contribution >= 0.6 is 0 Å². The number of aliphatic carboxylic acids is 1. The minimum atomic E-state index is -3.12. The number of carbonyl (C=O) groups excluding carboxylic acids is 1. The van der Waals surface area contributed by atoms with Gasteiger partial charge in [-0.25, -0.2) is 18.0 Å². The zero-order valence-electron chi connectivity index (χ0n) is 9.55. The van der Waals surface area contributed by atoms with Crippen LogP contribution in [0.2, 0.25) is 0 Å². The molecule has 2 amide bonds. The van der Waals surface area contributed by atoms with Crippen LogP contribution in [0.15, 0.2) is 0 Å². The minimum Gasteiger partial charge on any atom is -0.480 e. The van der Waals surface area contributed by atoms with Crippen molar-refractivity contribution in [2.45, 2.75) is 18.9 Å². The molecule has 0 saturated carbocycles. The molecule has 2 N–H and O–H groups in total. The van der Waals surface area contributed by atoms with Crippen molar-refractivity contribution in [3.8, 4) is 0 Å². The molecule has 0 spiro atoms. The largest absolute Gasteiger partial charge is 0.480 e. The van der Waals surface area contributed by atoms with Gasteiger partial charge in [0.1, 0.15) is 15.9 Å². The minimum absolute atomic E-state index is 0.000502. The van der Waals surface area contributed by atoms with Crippen molar-refractivity contribution in [2.75, 3.05) is 25.1 Å². The lowest BCUT2D eigenvalue weighted by molar-refractivity contribution is -0.141. The summed E-state index contributed by atoms with van der Waals surface area (Å²) in [6.07, 6.45) is 2.17. The highest BCUT2D eigenvalue weighted by Crippen LogP contribution is 2.16. The lowest BCUT2D eigenvalue weighted by atomic mass is 10.2. The number of likely N-dealkylation sites (tertiary alicyclic amines) is 1. The maximum atomic E-state index is 11.6. The molecule has 0 aromatic rings. The van der Waals surface area contributed by atoms with E-state index in [1.165, 1.54) is 4.90 Å². The smallest absolute Gasteiger partial charge is 0.326 e. The Morgan fingerprint density at radius 1 is 1.47 bits per heavy atom. The number of nitrogens with zero attached hydrogens (tertiary/aromatic N) is 1. The number of hydrogen-bond donors (Lipinski definition) is 2. The quantitative estimate of drug-likeness (QED) is 0.698. The van der Waals surface area contributed by atoms with Gasteiger partial charge in [-0.15, -0.1) is 0 Å². The van der Waals surface area contributed by atoms with Crippen molar-refractivity contribution < 1.29 is 23.1 Å². The molecule has 1 fully saturated rings. The van der Waals surface area contributed by atoms with Crippen molar-refractivity contribution in [3.63, 3.8) is 0 Å². The normalized spacial score (nSPS) is 20.3. The first-order valence-electron chi connectivity index (χ1n) is 5.26. The van der Waals surface area contributed by atoms with E-state index in [9.17, 15) is 18.0 Å². The summed E-state index contributed by atoms with van der Waals surface area (Å²) in [5.74, 6) is -1.18. The first kappa shape index (κ1) is 13.8. The van der Waals surface area contributed by atoms with Crippen molar-refractivity contribution in [2.24, 2.45) is 0 Å². The summed E-state index contributed by atoms with van der Waals surface area (Å²) in [5.41, 5.74) is 0. The highest BCUT2D eigenvalue weighted by Gasteiger charge is 2.33. The van der Waals surface area contributed by atoms with Gasteiger partial charge in [-0.2, -0.15) is 0 Å². The molecule has 1 rings (SSSR count). The van der Waals surface area contributed by atoms with Crippen LogP contribution < -0.4 is 5.32 Å².